The third-order valence-corrected chi connectivity index (χ3v) is 9.11. The van der Waals surface area contributed by atoms with Gasteiger partial charge in [0.25, 0.3) is 5.91 Å². The van der Waals surface area contributed by atoms with Crippen molar-refractivity contribution in [3.8, 4) is 0 Å². The van der Waals surface area contributed by atoms with Gasteiger partial charge in [-0.15, -0.1) is 11.8 Å². The molecule has 12 nitrogen and oxygen atoms in total. The molecule has 0 unspecified atom stereocenters. The summed E-state index contributed by atoms with van der Waals surface area (Å²) in [6.07, 6.45) is 7.48. The fraction of sp³-hybridized carbons (Fsp3) is 0.435. The number of aliphatic carboxylic acids is 1. The van der Waals surface area contributed by atoms with E-state index in [0.29, 0.717) is 51.8 Å². The second kappa shape index (κ2) is 9.49. The molecule has 5 heterocycles. The number of nitrogens with one attached hydrogen (secondary N) is 2. The SMILES string of the molecule is O=C(CSc1ncnc2[nH]ncc12)N[C@@H]1C(=O)N2C(C(=O)O)=C(/C=C3\CCN(CC4CC4)C3=O)CS[C@H]12. The van der Waals surface area contributed by atoms with Crippen molar-refractivity contribution in [2.75, 3.05) is 24.6 Å². The summed E-state index contributed by atoms with van der Waals surface area (Å²) in [5.74, 6) is -1.17. The maximum absolute atomic E-state index is 13.0. The molecule has 3 aliphatic heterocycles. The average Bonchev–Trinajstić information content (AvgIpc) is 3.46. The lowest BCUT2D eigenvalue weighted by Gasteiger charge is -2.49. The summed E-state index contributed by atoms with van der Waals surface area (Å²) in [4.78, 5) is 61.8. The number of aromatic amines is 1. The zero-order valence-corrected chi connectivity index (χ0v) is 21.2. The Bertz CT molecular complexity index is 1380. The first-order valence-corrected chi connectivity index (χ1v) is 13.9. The quantitative estimate of drug-likeness (QED) is 0.188. The minimum absolute atomic E-state index is 0.0247. The van der Waals surface area contributed by atoms with Crippen LogP contribution in [0.25, 0.3) is 11.0 Å². The van der Waals surface area contributed by atoms with E-state index >= 15 is 0 Å². The largest absolute Gasteiger partial charge is 0.477 e. The van der Waals surface area contributed by atoms with Gasteiger partial charge in [0.2, 0.25) is 11.8 Å². The number of allylic oxidation sites excluding steroid dienone is 1. The fourth-order valence-corrected chi connectivity index (χ4v) is 6.84. The molecule has 1 aliphatic carbocycles. The number of aromatic nitrogens is 4. The average molecular weight is 542 g/mol. The van der Waals surface area contributed by atoms with Gasteiger partial charge in [0, 0.05) is 24.4 Å². The molecule has 192 valence electrons. The van der Waals surface area contributed by atoms with Crippen LogP contribution in [-0.4, -0.2) is 94.8 Å². The molecule has 4 aliphatic rings. The van der Waals surface area contributed by atoms with Crippen molar-refractivity contribution in [2.24, 2.45) is 5.92 Å². The Morgan fingerprint density at radius 1 is 1.30 bits per heavy atom. The van der Waals surface area contributed by atoms with Crippen LogP contribution in [0, 0.1) is 5.92 Å². The Kier molecular flexibility index (Phi) is 6.15. The van der Waals surface area contributed by atoms with Crippen LogP contribution in [0.4, 0.5) is 0 Å². The number of H-pyrrole nitrogens is 1. The fourth-order valence-electron chi connectivity index (χ4n) is 4.76. The van der Waals surface area contributed by atoms with Crippen molar-refractivity contribution in [2.45, 2.75) is 35.7 Å². The summed E-state index contributed by atoms with van der Waals surface area (Å²) < 4.78 is 0. The number of fused-ring (bicyclic) bond motifs is 2. The highest BCUT2D eigenvalue weighted by molar-refractivity contribution is 8.00. The van der Waals surface area contributed by atoms with E-state index in [1.54, 1.807) is 12.3 Å². The van der Waals surface area contributed by atoms with Crippen LogP contribution in [0.15, 0.2) is 40.5 Å². The Morgan fingerprint density at radius 3 is 2.92 bits per heavy atom. The van der Waals surface area contributed by atoms with Crippen LogP contribution in [0.5, 0.6) is 0 Å². The predicted molar refractivity (Wildman–Crippen MR) is 134 cm³/mol. The summed E-state index contributed by atoms with van der Waals surface area (Å²) in [6, 6.07) is -0.817. The van der Waals surface area contributed by atoms with Crippen molar-refractivity contribution < 1.29 is 24.3 Å². The number of hydrogen-bond acceptors (Lipinski definition) is 9. The molecule has 0 radical (unpaired) electrons. The standard InChI is InChI=1S/C23H23N7O5S2/c31-15(9-36-19-14-6-26-28-18(14)24-10-25-19)27-16-21(33)30-17(23(34)35)13(8-37-22(16)30)5-12-3-4-29(20(12)32)7-11-1-2-11/h5-6,10-11,16,22H,1-4,7-9H2,(H,27,31)(H,34,35)(H,24,25,26,28)/b12-5+/t16-,22-/m1/s1. The second-order valence-corrected chi connectivity index (χ2v) is 11.4. The lowest BCUT2D eigenvalue weighted by Crippen LogP contribution is -2.70. The molecule has 3 amide bonds. The van der Waals surface area contributed by atoms with E-state index in [9.17, 15) is 24.3 Å². The Balaban J connectivity index is 1.12. The minimum atomic E-state index is -1.22. The van der Waals surface area contributed by atoms with Gasteiger partial charge >= 0.3 is 5.97 Å². The lowest BCUT2D eigenvalue weighted by atomic mass is 10.0. The number of likely N-dealkylation sites (tertiary alicyclic amines) is 1. The van der Waals surface area contributed by atoms with E-state index in [0.717, 1.165) is 19.4 Å². The number of carboxylic acids is 1. The molecular weight excluding hydrogens is 518 g/mol. The van der Waals surface area contributed by atoms with Gasteiger partial charge in [-0.05, 0) is 36.8 Å². The van der Waals surface area contributed by atoms with Crippen LogP contribution in [0.1, 0.15) is 19.3 Å². The summed E-state index contributed by atoms with van der Waals surface area (Å²) >= 11 is 2.58. The van der Waals surface area contributed by atoms with Crippen molar-refractivity contribution in [1.82, 2.24) is 35.3 Å². The molecule has 0 bridgehead atoms. The first-order valence-electron chi connectivity index (χ1n) is 11.9. The number of nitrogens with zero attached hydrogens (tertiary/aromatic N) is 5. The van der Waals surface area contributed by atoms with Gasteiger partial charge < -0.3 is 15.3 Å². The van der Waals surface area contributed by atoms with Gasteiger partial charge in [-0.1, -0.05) is 11.8 Å². The van der Waals surface area contributed by atoms with Gasteiger partial charge in [-0.3, -0.25) is 24.4 Å². The first-order chi connectivity index (χ1) is 17.9. The molecule has 6 rings (SSSR count). The predicted octanol–water partition coefficient (Wildman–Crippen LogP) is 0.752. The van der Waals surface area contributed by atoms with Crippen LogP contribution in [0.3, 0.4) is 0 Å². The zero-order valence-electron chi connectivity index (χ0n) is 19.5. The minimum Gasteiger partial charge on any atom is -0.477 e. The van der Waals surface area contributed by atoms with Crippen molar-refractivity contribution in [3.05, 3.63) is 35.4 Å². The summed E-state index contributed by atoms with van der Waals surface area (Å²) in [7, 11) is 0. The highest BCUT2D eigenvalue weighted by Gasteiger charge is 2.54. The van der Waals surface area contributed by atoms with Gasteiger partial charge in [0.1, 0.15) is 28.5 Å². The van der Waals surface area contributed by atoms with Crippen molar-refractivity contribution in [1.29, 1.82) is 0 Å². The zero-order chi connectivity index (χ0) is 25.7. The molecule has 2 atom stereocenters. The van der Waals surface area contributed by atoms with E-state index in [1.165, 1.54) is 34.8 Å². The summed E-state index contributed by atoms with van der Waals surface area (Å²) in [5.41, 5.74) is 1.49. The van der Waals surface area contributed by atoms with E-state index in [1.807, 2.05) is 4.90 Å². The number of carbonyl (C=O) groups is 4. The number of rotatable bonds is 8. The molecule has 14 heteroatoms. The van der Waals surface area contributed by atoms with Crippen molar-refractivity contribution >= 4 is 58.2 Å². The molecule has 2 saturated heterocycles. The number of carboxylic acid groups (broad SMARTS) is 1. The molecule has 2 aromatic heterocycles. The van der Waals surface area contributed by atoms with Gasteiger partial charge in [0.15, 0.2) is 5.65 Å². The topological polar surface area (TPSA) is 161 Å². The third kappa shape index (κ3) is 4.48. The van der Waals surface area contributed by atoms with Crippen LogP contribution >= 0.6 is 23.5 Å². The Hall–Kier alpha value is -3.39. The van der Waals surface area contributed by atoms with E-state index in [-0.39, 0.29) is 23.3 Å². The number of thioether (sulfide) groups is 2. The van der Waals surface area contributed by atoms with Crippen LogP contribution in [-0.2, 0) is 19.2 Å². The number of β-lactam (4-membered cyclic amide) rings is 1. The molecule has 1 saturated carbocycles. The van der Waals surface area contributed by atoms with E-state index in [4.69, 9.17) is 0 Å². The van der Waals surface area contributed by atoms with Crippen LogP contribution in [0.2, 0.25) is 0 Å². The smallest absolute Gasteiger partial charge is 0.352 e. The van der Waals surface area contributed by atoms with Gasteiger partial charge in [-0.2, -0.15) is 5.10 Å². The number of amides is 3. The lowest BCUT2D eigenvalue weighted by molar-refractivity contribution is -0.150. The molecule has 3 N–H and O–H groups in total. The van der Waals surface area contributed by atoms with Crippen LogP contribution < -0.4 is 5.32 Å². The van der Waals surface area contributed by atoms with Gasteiger partial charge in [-0.25, -0.2) is 14.8 Å². The Morgan fingerprint density at radius 2 is 2.14 bits per heavy atom. The maximum atomic E-state index is 13.0. The molecule has 0 aromatic carbocycles. The monoisotopic (exact) mass is 541 g/mol. The molecular formula is C23H23N7O5S2. The molecule has 0 spiro atoms. The van der Waals surface area contributed by atoms with Crippen molar-refractivity contribution in [3.63, 3.8) is 0 Å². The Labute approximate surface area is 219 Å². The highest BCUT2D eigenvalue weighted by Crippen LogP contribution is 2.41. The number of hydrogen-bond donors (Lipinski definition) is 3. The maximum Gasteiger partial charge on any atom is 0.352 e. The molecule has 2 aromatic rings. The summed E-state index contributed by atoms with van der Waals surface area (Å²) in [6.45, 7) is 1.40. The third-order valence-electron chi connectivity index (χ3n) is 6.81. The first kappa shape index (κ1) is 24.0. The molecule has 3 fully saturated rings. The normalized spacial score (nSPS) is 24.6. The number of carbonyl (C=O) groups excluding carboxylic acids is 3. The molecule has 37 heavy (non-hydrogen) atoms. The second-order valence-electron chi connectivity index (χ2n) is 9.35. The summed E-state index contributed by atoms with van der Waals surface area (Å²) in [5, 5.41) is 20.1. The van der Waals surface area contributed by atoms with E-state index in [2.05, 4.69) is 25.5 Å². The highest BCUT2D eigenvalue weighted by atomic mass is 32.2. The van der Waals surface area contributed by atoms with Gasteiger partial charge in [0.05, 0.1) is 17.3 Å². The van der Waals surface area contributed by atoms with E-state index < -0.39 is 23.3 Å².